The van der Waals surface area contributed by atoms with Crippen molar-refractivity contribution in [2.75, 3.05) is 13.2 Å². The largest absolute Gasteiger partial charge is 0.498 e. The van der Waals surface area contributed by atoms with Gasteiger partial charge in [0.15, 0.2) is 0 Å². The van der Waals surface area contributed by atoms with Crippen LogP contribution < -0.4 is 0 Å². The maximum atomic E-state index is 12.2. The van der Waals surface area contributed by atoms with Crippen molar-refractivity contribution in [2.24, 2.45) is 16.7 Å². The van der Waals surface area contributed by atoms with Crippen LogP contribution >= 0.6 is 0 Å². The third-order valence-corrected chi connectivity index (χ3v) is 4.77. The minimum atomic E-state index is -0.426. The second kappa shape index (κ2) is 5.33. The molecule has 0 N–H and O–H groups in total. The van der Waals surface area contributed by atoms with Gasteiger partial charge in [0.2, 0.25) is 0 Å². The Bertz CT molecular complexity index is 305. The molecule has 1 saturated carbocycles. The zero-order chi connectivity index (χ0) is 14.0. The van der Waals surface area contributed by atoms with Crippen molar-refractivity contribution >= 4 is 5.97 Å². The highest BCUT2D eigenvalue weighted by Crippen LogP contribution is 2.57. The lowest BCUT2D eigenvalue weighted by molar-refractivity contribution is -0.157. The molecule has 0 aromatic rings. The van der Waals surface area contributed by atoms with Gasteiger partial charge in [0.05, 0.1) is 24.4 Å². The summed E-state index contributed by atoms with van der Waals surface area (Å²) in [6.45, 7) is 15.2. The van der Waals surface area contributed by atoms with Gasteiger partial charge in [0.25, 0.3) is 0 Å². The summed E-state index contributed by atoms with van der Waals surface area (Å²) in [6, 6.07) is 0. The Balaban J connectivity index is 2.92. The van der Waals surface area contributed by atoms with Crippen molar-refractivity contribution in [3.63, 3.8) is 0 Å². The molecule has 18 heavy (non-hydrogen) atoms. The van der Waals surface area contributed by atoms with E-state index in [1.54, 1.807) is 0 Å². The maximum absolute atomic E-state index is 12.2. The highest BCUT2D eigenvalue weighted by Gasteiger charge is 2.56. The van der Waals surface area contributed by atoms with Crippen LogP contribution in [0.4, 0.5) is 0 Å². The summed E-state index contributed by atoms with van der Waals surface area (Å²) in [6.07, 6.45) is 1.75. The average Bonchev–Trinajstić information content (AvgIpc) is 2.57. The molecule has 3 heteroatoms. The van der Waals surface area contributed by atoms with Gasteiger partial charge in [-0.1, -0.05) is 20.4 Å². The standard InChI is InChI=1S/C15H26O3/c1-7-17-12(4)14(5)9-10-15(6,11(14)3)13(16)18-8-2/h11H,4,7-10H2,1-3,5-6H3. The van der Waals surface area contributed by atoms with Crippen LogP contribution in [-0.4, -0.2) is 19.2 Å². The summed E-state index contributed by atoms with van der Waals surface area (Å²) in [5.74, 6) is 0.874. The zero-order valence-corrected chi connectivity index (χ0v) is 12.3. The lowest BCUT2D eigenvalue weighted by Gasteiger charge is -2.36. The van der Waals surface area contributed by atoms with Crippen LogP contribution in [0.15, 0.2) is 12.3 Å². The van der Waals surface area contributed by atoms with Gasteiger partial charge in [0.1, 0.15) is 0 Å². The maximum Gasteiger partial charge on any atom is 0.312 e. The molecule has 0 spiro atoms. The molecule has 1 rings (SSSR count). The molecular formula is C15H26O3. The minimum absolute atomic E-state index is 0.0921. The van der Waals surface area contributed by atoms with E-state index in [0.717, 1.165) is 18.6 Å². The van der Waals surface area contributed by atoms with E-state index in [4.69, 9.17) is 9.47 Å². The molecule has 0 bridgehead atoms. The number of carbonyl (C=O) groups excluding carboxylic acids is 1. The summed E-state index contributed by atoms with van der Waals surface area (Å²) in [5.41, 5.74) is -0.567. The van der Waals surface area contributed by atoms with Crippen molar-refractivity contribution in [3.8, 4) is 0 Å². The molecule has 0 saturated heterocycles. The van der Waals surface area contributed by atoms with Gasteiger partial charge >= 0.3 is 5.97 Å². The number of esters is 1. The topological polar surface area (TPSA) is 35.5 Å². The Morgan fingerprint density at radius 3 is 2.17 bits per heavy atom. The van der Waals surface area contributed by atoms with Crippen LogP contribution in [0.25, 0.3) is 0 Å². The predicted octanol–water partition coefficient (Wildman–Crippen LogP) is 3.54. The van der Waals surface area contributed by atoms with E-state index in [1.165, 1.54) is 0 Å². The highest BCUT2D eigenvalue weighted by molar-refractivity contribution is 5.77. The monoisotopic (exact) mass is 254 g/mol. The molecule has 0 heterocycles. The van der Waals surface area contributed by atoms with Gasteiger partial charge < -0.3 is 9.47 Å². The molecule has 3 unspecified atom stereocenters. The van der Waals surface area contributed by atoms with E-state index in [9.17, 15) is 4.79 Å². The second-order valence-electron chi connectivity index (χ2n) is 5.63. The molecule has 1 fully saturated rings. The molecule has 1 aliphatic carbocycles. The fraction of sp³-hybridized carbons (Fsp3) is 0.800. The summed E-state index contributed by atoms with van der Waals surface area (Å²) >= 11 is 0. The van der Waals surface area contributed by atoms with Crippen LogP contribution in [0.5, 0.6) is 0 Å². The lowest BCUT2D eigenvalue weighted by Crippen LogP contribution is -2.37. The SMILES string of the molecule is C=C(OCC)C1(C)CCC(C)(C(=O)OCC)C1C. The molecule has 1 aliphatic rings. The van der Waals surface area contributed by atoms with Gasteiger partial charge in [-0.25, -0.2) is 0 Å². The molecule has 0 amide bonds. The Kier molecular flexibility index (Phi) is 4.46. The summed E-state index contributed by atoms with van der Waals surface area (Å²) in [4.78, 5) is 12.2. The zero-order valence-electron chi connectivity index (χ0n) is 12.3. The van der Waals surface area contributed by atoms with Crippen molar-refractivity contribution in [1.29, 1.82) is 0 Å². The number of ether oxygens (including phenoxy) is 2. The third kappa shape index (κ3) is 2.27. The van der Waals surface area contributed by atoms with Crippen LogP contribution in [0.1, 0.15) is 47.5 Å². The molecule has 0 aliphatic heterocycles. The first-order valence-corrected chi connectivity index (χ1v) is 6.82. The first-order valence-electron chi connectivity index (χ1n) is 6.82. The number of allylic oxidation sites excluding steroid dienone is 1. The third-order valence-electron chi connectivity index (χ3n) is 4.77. The molecule has 0 aromatic carbocycles. The fourth-order valence-electron chi connectivity index (χ4n) is 2.95. The van der Waals surface area contributed by atoms with E-state index < -0.39 is 5.41 Å². The molecule has 3 atom stereocenters. The highest BCUT2D eigenvalue weighted by atomic mass is 16.5. The van der Waals surface area contributed by atoms with E-state index in [1.807, 2.05) is 20.8 Å². The van der Waals surface area contributed by atoms with Crippen molar-refractivity contribution in [2.45, 2.75) is 47.5 Å². The number of rotatable bonds is 5. The first kappa shape index (κ1) is 15.1. The summed E-state index contributed by atoms with van der Waals surface area (Å²) in [7, 11) is 0. The summed E-state index contributed by atoms with van der Waals surface area (Å²) in [5, 5.41) is 0. The van der Waals surface area contributed by atoms with Gasteiger partial charge in [-0.2, -0.15) is 0 Å². The Morgan fingerprint density at radius 2 is 1.67 bits per heavy atom. The number of hydrogen-bond acceptors (Lipinski definition) is 3. The second-order valence-corrected chi connectivity index (χ2v) is 5.63. The van der Waals surface area contributed by atoms with Crippen LogP contribution in [0.2, 0.25) is 0 Å². The normalized spacial score (nSPS) is 35.3. The molecule has 0 aromatic heterocycles. The first-order chi connectivity index (χ1) is 8.32. The van der Waals surface area contributed by atoms with Gasteiger partial charge in [-0.15, -0.1) is 0 Å². The van der Waals surface area contributed by atoms with Crippen LogP contribution in [0.3, 0.4) is 0 Å². The molecule has 3 nitrogen and oxygen atoms in total. The van der Waals surface area contributed by atoms with Crippen LogP contribution in [-0.2, 0) is 14.3 Å². The lowest BCUT2D eigenvalue weighted by atomic mass is 9.70. The minimum Gasteiger partial charge on any atom is -0.498 e. The van der Waals surface area contributed by atoms with E-state index in [0.29, 0.717) is 13.2 Å². The van der Waals surface area contributed by atoms with Crippen molar-refractivity contribution in [1.82, 2.24) is 0 Å². The molecule has 104 valence electrons. The number of carbonyl (C=O) groups is 1. The van der Waals surface area contributed by atoms with E-state index in [2.05, 4.69) is 20.4 Å². The quantitative estimate of drug-likeness (QED) is 0.556. The number of hydrogen-bond donors (Lipinski definition) is 0. The Morgan fingerprint density at radius 1 is 1.17 bits per heavy atom. The van der Waals surface area contributed by atoms with E-state index >= 15 is 0 Å². The van der Waals surface area contributed by atoms with Crippen LogP contribution in [0, 0.1) is 16.7 Å². The Labute approximate surface area is 111 Å². The molecule has 0 radical (unpaired) electrons. The van der Waals surface area contributed by atoms with Crippen molar-refractivity contribution < 1.29 is 14.3 Å². The van der Waals surface area contributed by atoms with E-state index in [-0.39, 0.29) is 17.3 Å². The average molecular weight is 254 g/mol. The van der Waals surface area contributed by atoms with Crippen molar-refractivity contribution in [3.05, 3.63) is 12.3 Å². The smallest absolute Gasteiger partial charge is 0.312 e. The van der Waals surface area contributed by atoms with Gasteiger partial charge in [0, 0.05) is 5.41 Å². The fourth-order valence-corrected chi connectivity index (χ4v) is 2.95. The van der Waals surface area contributed by atoms with Gasteiger partial charge in [-0.05, 0) is 39.5 Å². The molecular weight excluding hydrogens is 228 g/mol. The predicted molar refractivity (Wildman–Crippen MR) is 72.0 cm³/mol. The summed E-state index contributed by atoms with van der Waals surface area (Å²) < 4.78 is 10.8. The van der Waals surface area contributed by atoms with Gasteiger partial charge in [-0.3, -0.25) is 4.79 Å². The Hall–Kier alpha value is -0.990.